The van der Waals surface area contributed by atoms with Crippen LogP contribution < -0.4 is 5.48 Å². The van der Waals surface area contributed by atoms with Gasteiger partial charge in [-0.2, -0.15) is 0 Å². The van der Waals surface area contributed by atoms with Gasteiger partial charge in [-0.05, 0) is 61.9 Å². The van der Waals surface area contributed by atoms with Crippen molar-refractivity contribution in [3.8, 4) is 0 Å². The second-order valence-electron chi connectivity index (χ2n) is 8.44. The normalized spacial score (nSPS) is 20.1. The minimum Gasteiger partial charge on any atom is -0.298 e. The van der Waals surface area contributed by atoms with E-state index in [9.17, 15) is 9.59 Å². The molecule has 0 unspecified atom stereocenters. The zero-order valence-corrected chi connectivity index (χ0v) is 18.9. The smallest absolute Gasteiger partial charge is 0.267 e. The van der Waals surface area contributed by atoms with Crippen molar-refractivity contribution in [2.45, 2.75) is 32.5 Å². The molecule has 2 aromatic rings. The Balaban J connectivity index is 1.65. The van der Waals surface area contributed by atoms with Gasteiger partial charge in [-0.3, -0.25) is 24.6 Å². The Kier molecular flexibility index (Phi) is 8.11. The highest BCUT2D eigenvalue weighted by atomic mass is 16.5. The molecule has 0 spiro atoms. The van der Waals surface area contributed by atoms with Crippen molar-refractivity contribution < 1.29 is 14.8 Å². The first-order valence-electron chi connectivity index (χ1n) is 10.8. The number of piperazine rings is 1. The number of likely N-dealkylation sites (N-methyl/N-ethyl adjacent to an activating group) is 1. The molecule has 0 aliphatic carbocycles. The Labute approximate surface area is 189 Å². The number of hydrogen-bond acceptors (Lipinski definition) is 5. The topological polar surface area (TPSA) is 72.9 Å². The standard InChI is InChI=1S/C26H31N3O3/c1-19-16-29(17-20(2)28(19)3)18-23-8-5-9-24(15-23)25(30)12-10-21-6-4-7-22(14-21)11-13-26(31)27-32/h4-15,19-20,32H,16-18H2,1-3H3,(H,27,31)/t19-,20+. The van der Waals surface area contributed by atoms with Crippen molar-refractivity contribution in [2.24, 2.45) is 0 Å². The lowest BCUT2D eigenvalue weighted by Gasteiger charge is -2.42. The van der Waals surface area contributed by atoms with E-state index in [1.165, 1.54) is 6.08 Å². The number of carbonyl (C=O) groups is 2. The summed E-state index contributed by atoms with van der Waals surface area (Å²) < 4.78 is 0. The Morgan fingerprint density at radius 1 is 1.00 bits per heavy atom. The second-order valence-corrected chi connectivity index (χ2v) is 8.44. The summed E-state index contributed by atoms with van der Waals surface area (Å²) in [7, 11) is 2.18. The third kappa shape index (κ3) is 6.47. The number of carbonyl (C=O) groups excluding carboxylic acids is 2. The first kappa shape index (κ1) is 23.6. The van der Waals surface area contributed by atoms with E-state index in [4.69, 9.17) is 5.21 Å². The van der Waals surface area contributed by atoms with Gasteiger partial charge in [-0.1, -0.05) is 42.5 Å². The molecule has 0 aromatic heterocycles. The Morgan fingerprint density at radius 2 is 1.62 bits per heavy atom. The van der Waals surface area contributed by atoms with Crippen molar-refractivity contribution in [3.63, 3.8) is 0 Å². The highest BCUT2D eigenvalue weighted by Crippen LogP contribution is 2.17. The summed E-state index contributed by atoms with van der Waals surface area (Å²) in [4.78, 5) is 28.7. The van der Waals surface area contributed by atoms with Gasteiger partial charge in [0, 0.05) is 43.4 Å². The Bertz CT molecular complexity index is 1000. The van der Waals surface area contributed by atoms with E-state index < -0.39 is 5.91 Å². The molecule has 1 heterocycles. The van der Waals surface area contributed by atoms with Crippen molar-refractivity contribution in [3.05, 3.63) is 82.9 Å². The number of benzene rings is 2. The molecule has 32 heavy (non-hydrogen) atoms. The number of allylic oxidation sites excluding steroid dienone is 1. The fourth-order valence-electron chi connectivity index (χ4n) is 3.97. The van der Waals surface area contributed by atoms with E-state index in [2.05, 4.69) is 36.8 Å². The van der Waals surface area contributed by atoms with Crippen molar-refractivity contribution in [1.29, 1.82) is 0 Å². The van der Waals surface area contributed by atoms with E-state index >= 15 is 0 Å². The van der Waals surface area contributed by atoms with Gasteiger partial charge in [-0.15, -0.1) is 0 Å². The van der Waals surface area contributed by atoms with E-state index in [0.717, 1.165) is 36.3 Å². The molecule has 6 nitrogen and oxygen atoms in total. The summed E-state index contributed by atoms with van der Waals surface area (Å²) in [5.74, 6) is -0.644. The third-order valence-corrected chi connectivity index (χ3v) is 5.93. The van der Waals surface area contributed by atoms with Crippen LogP contribution in [0.1, 0.15) is 40.9 Å². The molecule has 0 radical (unpaired) electrons. The van der Waals surface area contributed by atoms with Gasteiger partial charge in [0.15, 0.2) is 5.78 Å². The first-order valence-corrected chi connectivity index (χ1v) is 10.8. The summed E-state index contributed by atoms with van der Waals surface area (Å²) in [6, 6.07) is 16.3. The van der Waals surface area contributed by atoms with Crippen molar-refractivity contribution >= 4 is 23.8 Å². The maximum absolute atomic E-state index is 12.7. The summed E-state index contributed by atoms with van der Waals surface area (Å²) in [6.45, 7) is 7.37. The van der Waals surface area contributed by atoms with Crippen LogP contribution in [0.4, 0.5) is 0 Å². The van der Waals surface area contributed by atoms with Gasteiger partial charge in [-0.25, -0.2) is 5.48 Å². The van der Waals surface area contributed by atoms with Crippen LogP contribution >= 0.6 is 0 Å². The fraction of sp³-hybridized carbons (Fsp3) is 0.308. The maximum Gasteiger partial charge on any atom is 0.267 e. The molecule has 3 rings (SSSR count). The van der Waals surface area contributed by atoms with Gasteiger partial charge in [0.05, 0.1) is 0 Å². The van der Waals surface area contributed by atoms with E-state index in [1.807, 2.05) is 42.5 Å². The minimum absolute atomic E-state index is 0.0485. The molecule has 1 amide bonds. The van der Waals surface area contributed by atoms with Gasteiger partial charge in [0.25, 0.3) is 5.91 Å². The molecular weight excluding hydrogens is 402 g/mol. The van der Waals surface area contributed by atoms with E-state index in [1.54, 1.807) is 23.7 Å². The van der Waals surface area contributed by atoms with Crippen LogP contribution in [-0.4, -0.2) is 58.9 Å². The molecule has 2 aromatic carbocycles. The number of ketones is 1. The zero-order chi connectivity index (χ0) is 23.1. The Morgan fingerprint density at radius 3 is 2.28 bits per heavy atom. The van der Waals surface area contributed by atoms with Crippen molar-refractivity contribution in [2.75, 3.05) is 20.1 Å². The van der Waals surface area contributed by atoms with E-state index in [0.29, 0.717) is 17.6 Å². The molecule has 6 heteroatoms. The third-order valence-electron chi connectivity index (χ3n) is 5.93. The first-order chi connectivity index (χ1) is 15.4. The molecule has 1 saturated heterocycles. The molecule has 0 bridgehead atoms. The molecule has 2 atom stereocenters. The average Bonchev–Trinajstić information content (AvgIpc) is 2.79. The minimum atomic E-state index is -0.596. The van der Waals surface area contributed by atoms with E-state index in [-0.39, 0.29) is 5.78 Å². The molecule has 0 saturated carbocycles. The van der Waals surface area contributed by atoms with Crippen LogP contribution in [0.15, 0.2) is 60.7 Å². The Hall–Kier alpha value is -3.06. The number of hydrogen-bond donors (Lipinski definition) is 2. The molecular formula is C26H31N3O3. The van der Waals surface area contributed by atoms with Crippen LogP contribution in [0.3, 0.4) is 0 Å². The molecule has 1 fully saturated rings. The molecule has 168 valence electrons. The maximum atomic E-state index is 12.7. The summed E-state index contributed by atoms with van der Waals surface area (Å²) in [5, 5.41) is 8.56. The molecule has 1 aliphatic rings. The average molecular weight is 434 g/mol. The summed E-state index contributed by atoms with van der Waals surface area (Å²) in [5.41, 5.74) is 5.01. The van der Waals surface area contributed by atoms with Crippen LogP contribution in [0, 0.1) is 0 Å². The monoisotopic (exact) mass is 433 g/mol. The SMILES string of the molecule is C[C@@H]1CN(Cc2cccc(C(=O)C=Cc3cccc(C=CC(=O)NO)c3)c2)C[C@H](C)N1C. The summed E-state index contributed by atoms with van der Waals surface area (Å²) >= 11 is 0. The van der Waals surface area contributed by atoms with Gasteiger partial charge in [0.2, 0.25) is 0 Å². The predicted octanol–water partition coefficient (Wildman–Crippen LogP) is 3.63. The number of amides is 1. The number of hydroxylamine groups is 1. The fourth-order valence-corrected chi connectivity index (χ4v) is 3.97. The van der Waals surface area contributed by atoms with Gasteiger partial charge < -0.3 is 0 Å². The number of rotatable bonds is 7. The van der Waals surface area contributed by atoms with Gasteiger partial charge >= 0.3 is 0 Å². The van der Waals surface area contributed by atoms with Gasteiger partial charge in [0.1, 0.15) is 0 Å². The largest absolute Gasteiger partial charge is 0.298 e. The molecule has 2 N–H and O–H groups in total. The predicted molar refractivity (Wildman–Crippen MR) is 127 cm³/mol. The quantitative estimate of drug-likeness (QED) is 0.302. The zero-order valence-electron chi connectivity index (χ0n) is 18.9. The lowest BCUT2D eigenvalue weighted by atomic mass is 10.0. The number of nitrogens with zero attached hydrogens (tertiary/aromatic N) is 2. The lowest BCUT2D eigenvalue weighted by Crippen LogP contribution is -2.54. The molecule has 1 aliphatic heterocycles. The summed E-state index contributed by atoms with van der Waals surface area (Å²) in [6.07, 6.45) is 6.17. The van der Waals surface area contributed by atoms with Crippen LogP contribution in [-0.2, 0) is 11.3 Å². The highest BCUT2D eigenvalue weighted by Gasteiger charge is 2.26. The van der Waals surface area contributed by atoms with Crippen LogP contribution in [0.25, 0.3) is 12.2 Å². The van der Waals surface area contributed by atoms with Crippen molar-refractivity contribution in [1.82, 2.24) is 15.3 Å². The lowest BCUT2D eigenvalue weighted by molar-refractivity contribution is -0.124. The van der Waals surface area contributed by atoms with Crippen LogP contribution in [0.2, 0.25) is 0 Å². The second kappa shape index (κ2) is 11.0. The highest BCUT2D eigenvalue weighted by molar-refractivity contribution is 6.06. The number of nitrogens with one attached hydrogen (secondary N) is 1. The van der Waals surface area contributed by atoms with Crippen LogP contribution in [0.5, 0.6) is 0 Å².